The van der Waals surface area contributed by atoms with Crippen molar-refractivity contribution < 1.29 is 23.1 Å². The molecule has 0 saturated heterocycles. The molecule has 0 aliphatic heterocycles. The lowest BCUT2D eigenvalue weighted by molar-refractivity contribution is 0.0697. The predicted molar refractivity (Wildman–Crippen MR) is 184 cm³/mol. The Hall–Kier alpha value is -4.89. The molecule has 0 aliphatic rings. The summed E-state index contributed by atoms with van der Waals surface area (Å²) in [6, 6.07) is 34.4. The summed E-state index contributed by atoms with van der Waals surface area (Å²) in [6.07, 6.45) is 3.68. The molecule has 0 aliphatic carbocycles. The maximum Gasteiger partial charge on any atom is 0.335 e. The summed E-state index contributed by atoms with van der Waals surface area (Å²) < 4.78 is 31.4. The number of nitrogens with zero attached hydrogens (tertiary/aromatic N) is 2. The van der Waals surface area contributed by atoms with E-state index in [-0.39, 0.29) is 10.5 Å². The molecule has 1 aromatic heterocycles. The van der Waals surface area contributed by atoms with Crippen molar-refractivity contribution in [2.75, 3.05) is 6.26 Å². The summed E-state index contributed by atoms with van der Waals surface area (Å²) in [6.45, 7) is 0.502. The molecule has 0 bridgehead atoms. The van der Waals surface area contributed by atoms with E-state index in [4.69, 9.17) is 32.9 Å². The number of rotatable bonds is 10. The highest BCUT2D eigenvalue weighted by atomic mass is 35.5. The third-order valence-electron chi connectivity index (χ3n) is 7.61. The monoisotopic (exact) mass is 682 g/mol. The van der Waals surface area contributed by atoms with Crippen LogP contribution in [0.1, 0.15) is 27.3 Å². The topological polar surface area (TPSA) is 98.5 Å². The first-order valence-electron chi connectivity index (χ1n) is 14.5. The SMILES string of the molecule is CS(=O)(=O)c1ccc(Oc2ccc(-c3ccc(Cc4nc(-c5ccc(Cl)cc5Cl)cn4Cc4ccc(C(=O)O)cc4)cc3)cc2)cc1. The van der Waals surface area contributed by atoms with Gasteiger partial charge in [0.15, 0.2) is 9.84 Å². The maximum atomic E-state index is 11.7. The third-order valence-corrected chi connectivity index (χ3v) is 9.29. The van der Waals surface area contributed by atoms with E-state index < -0.39 is 15.8 Å². The summed E-state index contributed by atoms with van der Waals surface area (Å²) in [4.78, 5) is 16.5. The highest BCUT2D eigenvalue weighted by Gasteiger charge is 2.15. The van der Waals surface area contributed by atoms with Crippen LogP contribution in [0.5, 0.6) is 11.5 Å². The number of hydrogen-bond donors (Lipinski definition) is 1. The van der Waals surface area contributed by atoms with Gasteiger partial charge in [0.1, 0.15) is 17.3 Å². The van der Waals surface area contributed by atoms with Crippen molar-refractivity contribution in [2.24, 2.45) is 0 Å². The first kappa shape index (κ1) is 32.1. The molecule has 1 N–H and O–H groups in total. The second-order valence-corrected chi connectivity index (χ2v) is 13.9. The quantitative estimate of drug-likeness (QED) is 0.155. The van der Waals surface area contributed by atoms with E-state index in [2.05, 4.69) is 28.8 Å². The number of carbonyl (C=O) groups is 1. The summed E-state index contributed by atoms with van der Waals surface area (Å²) in [5.74, 6) is 1.04. The number of aromatic nitrogens is 2. The Morgan fingerprint density at radius 2 is 1.36 bits per heavy atom. The van der Waals surface area contributed by atoms with Crippen LogP contribution < -0.4 is 4.74 Å². The van der Waals surface area contributed by atoms with E-state index in [1.165, 1.54) is 18.4 Å². The second kappa shape index (κ2) is 13.5. The van der Waals surface area contributed by atoms with Crippen molar-refractivity contribution in [3.05, 3.63) is 154 Å². The van der Waals surface area contributed by atoms with Gasteiger partial charge >= 0.3 is 5.97 Å². The highest BCUT2D eigenvalue weighted by Crippen LogP contribution is 2.31. The molecule has 6 aromatic rings. The number of carboxylic acid groups (broad SMARTS) is 1. The van der Waals surface area contributed by atoms with Crippen LogP contribution in [-0.4, -0.2) is 35.3 Å². The molecule has 236 valence electrons. The van der Waals surface area contributed by atoms with Gasteiger partial charge in [-0.2, -0.15) is 0 Å². The van der Waals surface area contributed by atoms with Crippen LogP contribution in [-0.2, 0) is 22.8 Å². The van der Waals surface area contributed by atoms with Crippen LogP contribution in [0.4, 0.5) is 0 Å². The van der Waals surface area contributed by atoms with Gasteiger partial charge in [0, 0.05) is 36.0 Å². The largest absolute Gasteiger partial charge is 0.478 e. The van der Waals surface area contributed by atoms with E-state index in [0.717, 1.165) is 33.6 Å². The Labute approximate surface area is 282 Å². The van der Waals surface area contributed by atoms with Gasteiger partial charge in [-0.25, -0.2) is 18.2 Å². The number of halogens is 2. The molecule has 47 heavy (non-hydrogen) atoms. The Morgan fingerprint density at radius 3 is 1.94 bits per heavy atom. The zero-order valence-corrected chi connectivity index (χ0v) is 27.4. The van der Waals surface area contributed by atoms with Crippen molar-refractivity contribution in [1.82, 2.24) is 9.55 Å². The third kappa shape index (κ3) is 7.74. The molecular weight excluding hydrogens is 655 g/mol. The van der Waals surface area contributed by atoms with E-state index >= 15 is 0 Å². The van der Waals surface area contributed by atoms with Gasteiger partial charge in [-0.3, -0.25) is 0 Å². The molecule has 1 heterocycles. The molecule has 0 spiro atoms. The second-order valence-electron chi connectivity index (χ2n) is 11.0. The van der Waals surface area contributed by atoms with Gasteiger partial charge in [0.2, 0.25) is 0 Å². The van der Waals surface area contributed by atoms with E-state index in [1.54, 1.807) is 36.4 Å². The van der Waals surface area contributed by atoms with Crippen LogP contribution in [0.3, 0.4) is 0 Å². The molecule has 0 saturated carbocycles. The normalized spacial score (nSPS) is 11.4. The number of imidazole rings is 1. The van der Waals surface area contributed by atoms with Gasteiger partial charge in [0.05, 0.1) is 21.2 Å². The zero-order valence-electron chi connectivity index (χ0n) is 25.1. The fourth-order valence-electron chi connectivity index (χ4n) is 5.11. The molecule has 10 heteroatoms. The number of sulfone groups is 1. The fraction of sp³-hybridized carbons (Fsp3) is 0.0811. The standard InChI is InChI=1S/C37H28Cl2N2O5S/c1-47(44,45)32-17-15-31(16-18-32)46-30-13-10-27(11-14-30)26-6-2-24(3-7-26)20-36-40-35(33-19-12-29(38)21-34(33)39)23-41(36)22-25-4-8-28(9-5-25)37(42)43/h2-19,21,23H,20,22H2,1H3,(H,42,43). The van der Waals surface area contributed by atoms with Gasteiger partial charge in [0.25, 0.3) is 0 Å². The predicted octanol–water partition coefficient (Wildman–Crippen LogP) is 9.06. The Bertz CT molecular complexity index is 2160. The Balaban J connectivity index is 1.20. The van der Waals surface area contributed by atoms with Crippen LogP contribution in [0.2, 0.25) is 10.0 Å². The smallest absolute Gasteiger partial charge is 0.335 e. The molecule has 0 atom stereocenters. The molecule has 0 amide bonds. The fourth-order valence-corrected chi connectivity index (χ4v) is 6.25. The number of hydrogen-bond acceptors (Lipinski definition) is 5. The van der Waals surface area contributed by atoms with Gasteiger partial charge in [-0.15, -0.1) is 0 Å². The highest BCUT2D eigenvalue weighted by molar-refractivity contribution is 7.90. The van der Waals surface area contributed by atoms with Crippen molar-refractivity contribution >= 4 is 39.0 Å². The van der Waals surface area contributed by atoms with Crippen LogP contribution in [0, 0.1) is 0 Å². The molecule has 6 rings (SSSR count). The number of aromatic carboxylic acids is 1. The molecular formula is C37H28Cl2N2O5S. The zero-order chi connectivity index (χ0) is 33.1. The van der Waals surface area contributed by atoms with E-state index in [9.17, 15) is 18.3 Å². The molecule has 5 aromatic carbocycles. The van der Waals surface area contributed by atoms with Crippen LogP contribution >= 0.6 is 23.2 Å². The summed E-state index contributed by atoms with van der Waals surface area (Å²) >= 11 is 12.7. The first-order chi connectivity index (χ1) is 22.5. The van der Waals surface area contributed by atoms with Gasteiger partial charge < -0.3 is 14.4 Å². The minimum absolute atomic E-state index is 0.233. The van der Waals surface area contributed by atoms with Crippen molar-refractivity contribution in [3.63, 3.8) is 0 Å². The molecule has 7 nitrogen and oxygen atoms in total. The van der Waals surface area contributed by atoms with Crippen LogP contribution in [0.15, 0.2) is 126 Å². The Kier molecular flexibility index (Phi) is 9.18. The molecule has 0 radical (unpaired) electrons. The number of carboxylic acids is 1. The molecule has 0 fully saturated rings. The number of benzene rings is 5. The average molecular weight is 684 g/mol. The maximum absolute atomic E-state index is 11.7. The summed E-state index contributed by atoms with van der Waals surface area (Å²) in [7, 11) is -3.27. The lowest BCUT2D eigenvalue weighted by Crippen LogP contribution is -2.05. The van der Waals surface area contributed by atoms with Crippen LogP contribution in [0.25, 0.3) is 22.4 Å². The average Bonchev–Trinajstić information content (AvgIpc) is 3.43. The molecule has 0 unspecified atom stereocenters. The first-order valence-corrected chi connectivity index (χ1v) is 17.2. The van der Waals surface area contributed by atoms with E-state index in [1.807, 2.05) is 48.7 Å². The lowest BCUT2D eigenvalue weighted by atomic mass is 10.0. The lowest BCUT2D eigenvalue weighted by Gasteiger charge is -2.10. The van der Waals surface area contributed by atoms with E-state index in [0.29, 0.717) is 40.2 Å². The van der Waals surface area contributed by atoms with Crippen molar-refractivity contribution in [2.45, 2.75) is 17.9 Å². The van der Waals surface area contributed by atoms with Crippen molar-refractivity contribution in [1.29, 1.82) is 0 Å². The minimum Gasteiger partial charge on any atom is -0.478 e. The number of ether oxygens (including phenoxy) is 1. The summed E-state index contributed by atoms with van der Waals surface area (Å²) in [5, 5.41) is 10.3. The van der Waals surface area contributed by atoms with Gasteiger partial charge in [-0.1, -0.05) is 71.7 Å². The van der Waals surface area contributed by atoms with Gasteiger partial charge in [-0.05, 0) is 89.0 Å². The van der Waals surface area contributed by atoms with Crippen molar-refractivity contribution in [3.8, 4) is 33.9 Å². The Morgan fingerprint density at radius 1 is 0.787 bits per heavy atom. The summed E-state index contributed by atoms with van der Waals surface area (Å²) in [5.41, 5.74) is 5.77. The minimum atomic E-state index is -3.27.